The highest BCUT2D eigenvalue weighted by molar-refractivity contribution is 7.52. The molecule has 138 valence electrons. The number of carboxylic acids is 1. The Bertz CT molecular complexity index is 859. The lowest BCUT2D eigenvalue weighted by Crippen LogP contribution is -2.34. The minimum Gasteiger partial charge on any atom is -0.480 e. The normalized spacial score (nSPS) is 14.1. The van der Waals surface area contributed by atoms with Gasteiger partial charge in [0.1, 0.15) is 23.4 Å². The van der Waals surface area contributed by atoms with Crippen molar-refractivity contribution in [3.8, 4) is 11.5 Å². The van der Waals surface area contributed by atoms with Crippen LogP contribution in [-0.2, 0) is 9.36 Å². The van der Waals surface area contributed by atoms with E-state index in [1.807, 2.05) is 0 Å². The van der Waals surface area contributed by atoms with Gasteiger partial charge in [0.05, 0.1) is 4.92 Å². The Labute approximate surface area is 147 Å². The van der Waals surface area contributed by atoms with E-state index in [1.165, 1.54) is 31.2 Å². The highest BCUT2D eigenvalue weighted by atomic mass is 31.2. The van der Waals surface area contributed by atoms with Gasteiger partial charge >= 0.3 is 13.7 Å². The molecule has 11 heteroatoms. The van der Waals surface area contributed by atoms with Gasteiger partial charge in [-0.1, -0.05) is 6.07 Å². The summed E-state index contributed by atoms with van der Waals surface area (Å²) in [7, 11) is -4.30. The van der Waals surface area contributed by atoms with Gasteiger partial charge < -0.3 is 14.2 Å². The molecule has 0 aromatic heterocycles. The standard InChI is InChI=1S/C15H14FN2O7P/c1-10(15(19)20)17-26(23,25-14-4-2-3-11(16)9-14)24-13-7-5-12(6-8-13)18(21)22/h2-10H,1H3,(H,17,23)(H,19,20). The minimum atomic E-state index is -4.30. The van der Waals surface area contributed by atoms with Crippen LogP contribution < -0.4 is 14.1 Å². The van der Waals surface area contributed by atoms with Crippen LogP contribution in [0, 0.1) is 15.9 Å². The van der Waals surface area contributed by atoms with Gasteiger partial charge in [-0.25, -0.2) is 8.96 Å². The number of rotatable bonds is 8. The first kappa shape index (κ1) is 19.4. The van der Waals surface area contributed by atoms with Gasteiger partial charge in [0.25, 0.3) is 5.69 Å². The summed E-state index contributed by atoms with van der Waals surface area (Å²) in [6.45, 7) is 1.21. The molecule has 0 aliphatic heterocycles. The van der Waals surface area contributed by atoms with Crippen molar-refractivity contribution < 1.29 is 32.8 Å². The zero-order chi connectivity index (χ0) is 19.3. The summed E-state index contributed by atoms with van der Waals surface area (Å²) in [5, 5.41) is 21.9. The number of nitro benzene ring substituents is 1. The Hall–Kier alpha value is -2.97. The average molecular weight is 384 g/mol. The van der Waals surface area contributed by atoms with Crippen LogP contribution >= 0.6 is 7.75 Å². The highest BCUT2D eigenvalue weighted by Crippen LogP contribution is 2.45. The third-order valence-electron chi connectivity index (χ3n) is 3.02. The van der Waals surface area contributed by atoms with E-state index in [4.69, 9.17) is 14.2 Å². The monoisotopic (exact) mass is 384 g/mol. The van der Waals surface area contributed by atoms with Gasteiger partial charge in [0.2, 0.25) is 0 Å². The molecule has 0 radical (unpaired) electrons. The second-order valence-corrected chi connectivity index (χ2v) is 6.70. The molecule has 0 heterocycles. The molecular formula is C15H14FN2O7P. The topological polar surface area (TPSA) is 128 Å². The number of nitrogens with one attached hydrogen (secondary N) is 1. The maximum Gasteiger partial charge on any atom is 0.513 e. The van der Waals surface area contributed by atoms with Crippen molar-refractivity contribution >= 4 is 19.4 Å². The van der Waals surface area contributed by atoms with E-state index >= 15 is 0 Å². The minimum absolute atomic E-state index is 0.0691. The maximum atomic E-state index is 13.3. The number of nitro groups is 1. The number of halogens is 1. The molecule has 9 nitrogen and oxygen atoms in total. The third-order valence-corrected chi connectivity index (χ3v) is 4.62. The number of hydrogen-bond donors (Lipinski definition) is 2. The van der Waals surface area contributed by atoms with Gasteiger partial charge in [0.15, 0.2) is 0 Å². The summed E-state index contributed by atoms with van der Waals surface area (Å²) >= 11 is 0. The fourth-order valence-corrected chi connectivity index (χ4v) is 3.31. The Kier molecular flexibility index (Phi) is 5.91. The second-order valence-electron chi connectivity index (χ2n) is 5.08. The summed E-state index contributed by atoms with van der Waals surface area (Å²) in [4.78, 5) is 21.1. The number of carboxylic acid groups (broad SMARTS) is 1. The van der Waals surface area contributed by atoms with Crippen molar-refractivity contribution in [2.45, 2.75) is 13.0 Å². The van der Waals surface area contributed by atoms with Crippen LogP contribution in [0.15, 0.2) is 48.5 Å². The summed E-state index contributed by atoms with van der Waals surface area (Å²) in [5.41, 5.74) is -0.218. The number of benzene rings is 2. The summed E-state index contributed by atoms with van der Waals surface area (Å²) in [6.07, 6.45) is 0. The lowest BCUT2D eigenvalue weighted by Gasteiger charge is -2.22. The van der Waals surface area contributed by atoms with Crippen LogP contribution in [0.1, 0.15) is 6.92 Å². The van der Waals surface area contributed by atoms with E-state index in [0.29, 0.717) is 0 Å². The number of non-ortho nitro benzene ring substituents is 1. The lowest BCUT2D eigenvalue weighted by molar-refractivity contribution is -0.384. The summed E-state index contributed by atoms with van der Waals surface area (Å²) < 4.78 is 36.6. The van der Waals surface area contributed by atoms with Crippen molar-refractivity contribution in [1.29, 1.82) is 0 Å². The van der Waals surface area contributed by atoms with Crippen LogP contribution in [0.3, 0.4) is 0 Å². The molecule has 2 rings (SSSR count). The lowest BCUT2D eigenvalue weighted by atomic mass is 10.3. The predicted molar refractivity (Wildman–Crippen MR) is 88.6 cm³/mol. The molecule has 2 N–H and O–H groups in total. The van der Waals surface area contributed by atoms with Crippen LogP contribution in [0.25, 0.3) is 0 Å². The summed E-state index contributed by atoms with van der Waals surface area (Å²) in [5.74, 6) is -2.20. The van der Waals surface area contributed by atoms with Crippen LogP contribution in [-0.4, -0.2) is 22.0 Å². The van der Waals surface area contributed by atoms with E-state index < -0.39 is 30.5 Å². The predicted octanol–water partition coefficient (Wildman–Crippen LogP) is 3.36. The molecule has 2 aromatic carbocycles. The third kappa shape index (κ3) is 5.27. The molecule has 2 unspecified atom stereocenters. The van der Waals surface area contributed by atoms with Gasteiger partial charge in [-0.2, -0.15) is 5.09 Å². The van der Waals surface area contributed by atoms with E-state index in [1.54, 1.807) is 0 Å². The number of hydrogen-bond acceptors (Lipinski definition) is 6. The first-order chi connectivity index (χ1) is 12.2. The van der Waals surface area contributed by atoms with E-state index in [2.05, 4.69) is 5.09 Å². The van der Waals surface area contributed by atoms with Crippen LogP contribution in [0.5, 0.6) is 11.5 Å². The molecule has 0 aliphatic rings. The SMILES string of the molecule is CC(NP(=O)(Oc1ccc([N+](=O)[O-])cc1)Oc1cccc(F)c1)C(=O)O. The Balaban J connectivity index is 2.28. The molecule has 0 aliphatic carbocycles. The molecule has 26 heavy (non-hydrogen) atoms. The smallest absolute Gasteiger partial charge is 0.480 e. The van der Waals surface area contributed by atoms with Crippen molar-refractivity contribution in [2.24, 2.45) is 0 Å². The molecule has 0 bridgehead atoms. The molecular weight excluding hydrogens is 370 g/mol. The fourth-order valence-electron chi connectivity index (χ4n) is 1.79. The van der Waals surface area contributed by atoms with Crippen molar-refractivity contribution in [1.82, 2.24) is 5.09 Å². The zero-order valence-electron chi connectivity index (χ0n) is 13.4. The zero-order valence-corrected chi connectivity index (χ0v) is 14.3. The molecule has 2 aromatic rings. The van der Waals surface area contributed by atoms with E-state index in [9.17, 15) is 23.9 Å². The molecule has 0 fully saturated rings. The highest BCUT2D eigenvalue weighted by Gasteiger charge is 2.33. The van der Waals surface area contributed by atoms with Crippen LogP contribution in [0.4, 0.5) is 10.1 Å². The van der Waals surface area contributed by atoms with E-state index in [0.717, 1.165) is 24.3 Å². The largest absolute Gasteiger partial charge is 0.513 e. The molecule has 0 spiro atoms. The Morgan fingerprint density at radius 2 is 1.85 bits per heavy atom. The van der Waals surface area contributed by atoms with Crippen molar-refractivity contribution in [3.05, 3.63) is 64.5 Å². The molecule has 0 saturated carbocycles. The van der Waals surface area contributed by atoms with Gasteiger partial charge in [-0.15, -0.1) is 0 Å². The number of aliphatic carboxylic acids is 1. The van der Waals surface area contributed by atoms with E-state index in [-0.39, 0.29) is 17.2 Å². The Morgan fingerprint density at radius 3 is 2.38 bits per heavy atom. The van der Waals surface area contributed by atoms with Crippen molar-refractivity contribution in [3.63, 3.8) is 0 Å². The molecule has 2 atom stereocenters. The number of nitrogens with zero attached hydrogens (tertiary/aromatic N) is 1. The van der Waals surface area contributed by atoms with Gasteiger partial charge in [-0.3, -0.25) is 14.9 Å². The fraction of sp³-hybridized carbons (Fsp3) is 0.133. The van der Waals surface area contributed by atoms with Crippen LogP contribution in [0.2, 0.25) is 0 Å². The van der Waals surface area contributed by atoms with Gasteiger partial charge in [-0.05, 0) is 31.2 Å². The quantitative estimate of drug-likeness (QED) is 0.403. The maximum absolute atomic E-state index is 13.3. The Morgan fingerprint density at radius 1 is 1.23 bits per heavy atom. The second kappa shape index (κ2) is 7.94. The van der Waals surface area contributed by atoms with Gasteiger partial charge in [0, 0.05) is 18.2 Å². The summed E-state index contributed by atoms with van der Waals surface area (Å²) in [6, 6.07) is 7.96. The first-order valence-electron chi connectivity index (χ1n) is 7.18. The first-order valence-corrected chi connectivity index (χ1v) is 8.73. The number of carbonyl (C=O) groups is 1. The van der Waals surface area contributed by atoms with Crippen molar-refractivity contribution in [2.75, 3.05) is 0 Å². The average Bonchev–Trinajstić information content (AvgIpc) is 2.54. The molecule has 0 amide bonds. The molecule has 0 saturated heterocycles.